The van der Waals surface area contributed by atoms with E-state index in [1.165, 1.54) is 32.6 Å². The van der Waals surface area contributed by atoms with Gasteiger partial charge in [0.15, 0.2) is 0 Å². The molecule has 192 valence electrons. The Labute approximate surface area is 238 Å². The van der Waals surface area contributed by atoms with E-state index in [1.54, 1.807) is 0 Å². The zero-order valence-corrected chi connectivity index (χ0v) is 22.3. The van der Waals surface area contributed by atoms with Gasteiger partial charge < -0.3 is 4.57 Å². The van der Waals surface area contributed by atoms with Crippen molar-refractivity contribution in [3.05, 3.63) is 152 Å². The molecule has 3 nitrogen and oxygen atoms in total. The Morgan fingerprint density at radius 2 is 1.12 bits per heavy atom. The first-order valence-corrected chi connectivity index (χ1v) is 13.8. The van der Waals surface area contributed by atoms with E-state index in [4.69, 9.17) is 9.97 Å². The molecule has 5 aromatic carbocycles. The van der Waals surface area contributed by atoms with Crippen LogP contribution in [-0.2, 0) is 0 Å². The normalized spacial score (nSPS) is 11.4. The zero-order chi connectivity index (χ0) is 27.2. The average Bonchev–Trinajstić information content (AvgIpc) is 3.40. The number of aromatic nitrogens is 3. The van der Waals surface area contributed by atoms with Crippen LogP contribution in [0.4, 0.5) is 0 Å². The Balaban J connectivity index is 1.31. The van der Waals surface area contributed by atoms with E-state index in [0.717, 1.165) is 39.5 Å². The summed E-state index contributed by atoms with van der Waals surface area (Å²) in [6, 6.07) is 51.0. The molecule has 3 heteroatoms. The SMILES string of the molecule is c1ccc(-c2cc(-c3ccccc3)nc(-c3ccc(-n4c5ccccc5c5ccc6ccccc6c54)cn3)c2)cc1. The molecule has 0 atom stereocenters. The quantitative estimate of drug-likeness (QED) is 0.230. The Kier molecular flexibility index (Phi) is 5.46. The molecule has 8 aromatic rings. The standard InChI is InChI=1S/C38H25N3/c1-3-11-26(12-4-1)29-23-35(28-14-5-2-6-15-28)40-36(24-29)34-22-20-30(25-39-34)41-37-18-10-9-17-32(37)33-21-19-27-13-7-8-16-31(27)38(33)41/h1-25H. The number of nitrogens with zero attached hydrogens (tertiary/aromatic N) is 3. The van der Waals surface area contributed by atoms with E-state index in [0.29, 0.717) is 0 Å². The molecule has 0 saturated carbocycles. The number of pyridine rings is 2. The Morgan fingerprint density at radius 1 is 0.439 bits per heavy atom. The van der Waals surface area contributed by atoms with Crippen LogP contribution in [0.1, 0.15) is 0 Å². The number of hydrogen-bond acceptors (Lipinski definition) is 2. The molecular weight excluding hydrogens is 498 g/mol. The van der Waals surface area contributed by atoms with E-state index >= 15 is 0 Å². The third kappa shape index (κ3) is 3.98. The highest BCUT2D eigenvalue weighted by Gasteiger charge is 2.16. The predicted molar refractivity (Wildman–Crippen MR) is 170 cm³/mol. The second-order valence-electron chi connectivity index (χ2n) is 10.3. The van der Waals surface area contributed by atoms with Crippen LogP contribution in [0.2, 0.25) is 0 Å². The van der Waals surface area contributed by atoms with E-state index in [2.05, 4.69) is 126 Å². The second kappa shape index (κ2) is 9.58. The van der Waals surface area contributed by atoms with Gasteiger partial charge in [-0.2, -0.15) is 0 Å². The van der Waals surface area contributed by atoms with Crippen molar-refractivity contribution in [2.75, 3.05) is 0 Å². The summed E-state index contributed by atoms with van der Waals surface area (Å²) in [5, 5.41) is 4.94. The van der Waals surface area contributed by atoms with Crippen molar-refractivity contribution < 1.29 is 0 Å². The van der Waals surface area contributed by atoms with Crippen molar-refractivity contribution in [3.63, 3.8) is 0 Å². The summed E-state index contributed by atoms with van der Waals surface area (Å²) < 4.78 is 2.34. The van der Waals surface area contributed by atoms with Gasteiger partial charge in [-0.15, -0.1) is 0 Å². The maximum atomic E-state index is 5.06. The monoisotopic (exact) mass is 523 g/mol. The van der Waals surface area contributed by atoms with Crippen LogP contribution in [0, 0.1) is 0 Å². The Morgan fingerprint density at radius 3 is 1.90 bits per heavy atom. The first-order valence-electron chi connectivity index (χ1n) is 13.8. The summed E-state index contributed by atoms with van der Waals surface area (Å²) in [6.07, 6.45) is 1.97. The van der Waals surface area contributed by atoms with E-state index < -0.39 is 0 Å². The highest BCUT2D eigenvalue weighted by atomic mass is 15.0. The number of benzene rings is 5. The molecule has 3 heterocycles. The van der Waals surface area contributed by atoms with Gasteiger partial charge in [-0.3, -0.25) is 4.98 Å². The van der Waals surface area contributed by atoms with Gasteiger partial charge in [-0.05, 0) is 46.8 Å². The maximum absolute atomic E-state index is 5.06. The summed E-state index contributed by atoms with van der Waals surface area (Å²) in [4.78, 5) is 10.0. The van der Waals surface area contributed by atoms with E-state index in [-0.39, 0.29) is 0 Å². The number of para-hydroxylation sites is 1. The minimum absolute atomic E-state index is 0.842. The van der Waals surface area contributed by atoms with Crippen molar-refractivity contribution in [3.8, 4) is 39.5 Å². The van der Waals surface area contributed by atoms with Crippen LogP contribution in [0.25, 0.3) is 72.0 Å². The highest BCUT2D eigenvalue weighted by molar-refractivity contribution is 6.18. The number of hydrogen-bond donors (Lipinski definition) is 0. The molecule has 0 aliphatic heterocycles. The summed E-state index contributed by atoms with van der Waals surface area (Å²) in [5.41, 5.74) is 9.38. The van der Waals surface area contributed by atoms with Gasteiger partial charge in [-0.25, -0.2) is 4.98 Å². The summed E-state index contributed by atoms with van der Waals surface area (Å²) >= 11 is 0. The summed E-state index contributed by atoms with van der Waals surface area (Å²) in [5.74, 6) is 0. The number of fused-ring (bicyclic) bond motifs is 5. The van der Waals surface area contributed by atoms with Gasteiger partial charge in [0.25, 0.3) is 0 Å². The first-order chi connectivity index (χ1) is 20.3. The van der Waals surface area contributed by atoms with Crippen LogP contribution in [-0.4, -0.2) is 14.5 Å². The molecule has 0 radical (unpaired) electrons. The van der Waals surface area contributed by atoms with Gasteiger partial charge in [-0.1, -0.05) is 115 Å². The lowest BCUT2D eigenvalue weighted by atomic mass is 10.0. The molecule has 0 saturated heterocycles. The first kappa shape index (κ1) is 23.4. The maximum Gasteiger partial charge on any atom is 0.0899 e. The van der Waals surface area contributed by atoms with Crippen LogP contribution >= 0.6 is 0 Å². The van der Waals surface area contributed by atoms with E-state index in [9.17, 15) is 0 Å². The fraction of sp³-hybridized carbons (Fsp3) is 0. The molecule has 0 spiro atoms. The van der Waals surface area contributed by atoms with E-state index in [1.807, 2.05) is 30.5 Å². The van der Waals surface area contributed by atoms with Gasteiger partial charge in [0.2, 0.25) is 0 Å². The lowest BCUT2D eigenvalue weighted by Crippen LogP contribution is -1.97. The smallest absolute Gasteiger partial charge is 0.0899 e. The van der Waals surface area contributed by atoms with Crippen molar-refractivity contribution in [1.29, 1.82) is 0 Å². The van der Waals surface area contributed by atoms with Crippen LogP contribution in [0.3, 0.4) is 0 Å². The zero-order valence-electron chi connectivity index (χ0n) is 22.3. The van der Waals surface area contributed by atoms with Crippen molar-refractivity contribution in [2.24, 2.45) is 0 Å². The average molecular weight is 524 g/mol. The fourth-order valence-corrected chi connectivity index (χ4v) is 5.88. The molecule has 0 unspecified atom stereocenters. The molecule has 0 amide bonds. The minimum Gasteiger partial charge on any atom is -0.307 e. The second-order valence-corrected chi connectivity index (χ2v) is 10.3. The number of rotatable bonds is 4. The lowest BCUT2D eigenvalue weighted by Gasteiger charge is -2.12. The topological polar surface area (TPSA) is 30.7 Å². The largest absolute Gasteiger partial charge is 0.307 e. The Bertz CT molecular complexity index is 2120. The molecule has 0 bridgehead atoms. The van der Waals surface area contributed by atoms with Crippen LogP contribution in [0.15, 0.2) is 152 Å². The van der Waals surface area contributed by atoms with Gasteiger partial charge in [0.05, 0.1) is 40.0 Å². The minimum atomic E-state index is 0.842. The van der Waals surface area contributed by atoms with Gasteiger partial charge in [0.1, 0.15) is 0 Å². The third-order valence-electron chi connectivity index (χ3n) is 7.83. The molecule has 0 aliphatic rings. The molecule has 3 aromatic heterocycles. The van der Waals surface area contributed by atoms with Crippen molar-refractivity contribution in [2.45, 2.75) is 0 Å². The van der Waals surface area contributed by atoms with Crippen molar-refractivity contribution >= 4 is 32.6 Å². The van der Waals surface area contributed by atoms with Gasteiger partial charge >= 0.3 is 0 Å². The predicted octanol–water partition coefficient (Wildman–Crippen LogP) is 9.73. The van der Waals surface area contributed by atoms with Crippen LogP contribution < -0.4 is 0 Å². The van der Waals surface area contributed by atoms with Crippen LogP contribution in [0.5, 0.6) is 0 Å². The molecule has 41 heavy (non-hydrogen) atoms. The molecule has 8 rings (SSSR count). The molecule has 0 fully saturated rings. The molecule has 0 aliphatic carbocycles. The summed E-state index contributed by atoms with van der Waals surface area (Å²) in [6.45, 7) is 0. The summed E-state index contributed by atoms with van der Waals surface area (Å²) in [7, 11) is 0. The highest BCUT2D eigenvalue weighted by Crippen LogP contribution is 2.37. The molecular formula is C38H25N3. The molecule has 0 N–H and O–H groups in total. The Hall–Kier alpha value is -5.54. The fourth-order valence-electron chi connectivity index (χ4n) is 5.88. The van der Waals surface area contributed by atoms with Crippen molar-refractivity contribution in [1.82, 2.24) is 14.5 Å². The third-order valence-corrected chi connectivity index (χ3v) is 7.83. The van der Waals surface area contributed by atoms with Gasteiger partial charge in [0, 0.05) is 21.7 Å². The lowest BCUT2D eigenvalue weighted by molar-refractivity contribution is 1.14.